The predicted octanol–water partition coefficient (Wildman–Crippen LogP) is 8.34. The number of nitrogens with zero attached hydrogens (tertiary/aromatic N) is 8. The zero-order valence-corrected chi connectivity index (χ0v) is 45.3. The Kier molecular flexibility index (Phi) is 13.8. The highest BCUT2D eigenvalue weighted by Crippen LogP contribution is 2.47. The second-order valence-electron chi connectivity index (χ2n) is 21.1. The Balaban J connectivity index is 0.821. The van der Waals surface area contributed by atoms with Crippen molar-refractivity contribution in [3.8, 4) is 40.3 Å². The van der Waals surface area contributed by atoms with E-state index in [-0.39, 0.29) is 103 Å². The fraction of sp³-hybridized carbons (Fsp3) is 0.397. The second-order valence-corrected chi connectivity index (χ2v) is 22.5. The number of nitrogens with one attached hydrogen (secondary N) is 1. The molecule has 0 aliphatic carbocycles. The van der Waals surface area contributed by atoms with E-state index in [1.807, 2.05) is 37.1 Å². The molecule has 7 aromatic rings. The Morgan fingerprint density at radius 1 is 1.05 bits per heavy atom. The number of aliphatic hydroxyl groups excluding tert-OH is 1. The minimum absolute atomic E-state index is 0.00234. The Morgan fingerprint density at radius 2 is 1.84 bits per heavy atom. The molecule has 12 rings (SSSR count). The number of pyridine rings is 2. The van der Waals surface area contributed by atoms with Crippen LogP contribution in [0.2, 0.25) is 5.02 Å². The molecule has 9 heterocycles. The molecule has 17 nitrogen and oxygen atoms in total. The van der Waals surface area contributed by atoms with Crippen LogP contribution in [0.4, 0.5) is 19.6 Å². The Labute approximate surface area is 462 Å². The number of hydrogen-bond acceptors (Lipinski definition) is 16. The zero-order chi connectivity index (χ0) is 55.0. The standard InChI is InChI=1S/C58H57ClF2N10O7S/c1-4-32-34-23-31(10-13-42(34)65-48-38(32)27-71-43(48)25-35-39(55(71)74)28-76-56(75)50(35)72)78-44(9-5-6-16-64-3)30(2)54(73)69-21-19-68(20-22-69)53-36-24-40(59)46(33-11-12-41(60)51-45(33)37(26-62)52(63)79-51)47(61)49(36)66-57(67-53)77-29-58-14-7-17-70(58)18-8-15-58/h10-13,23-25,44,50,64,72H,2,4-9,14-22,27-29,63H2,1,3H3. The van der Waals surface area contributed by atoms with Crippen LogP contribution >= 0.6 is 22.9 Å². The first-order valence-corrected chi connectivity index (χ1v) is 28.0. The number of aliphatic hydroxyl groups is 1. The number of rotatable bonds is 15. The summed E-state index contributed by atoms with van der Waals surface area (Å²) in [5.74, 6) is -1.55. The van der Waals surface area contributed by atoms with Crippen molar-refractivity contribution < 1.29 is 37.7 Å². The van der Waals surface area contributed by atoms with Gasteiger partial charge in [0.15, 0.2) is 11.9 Å². The first-order chi connectivity index (χ1) is 38.2. The first kappa shape index (κ1) is 52.4. The van der Waals surface area contributed by atoms with Crippen molar-refractivity contribution in [2.24, 2.45) is 0 Å². The molecule has 5 aliphatic rings. The van der Waals surface area contributed by atoms with Crippen molar-refractivity contribution in [3.63, 3.8) is 0 Å². The number of aryl methyl sites for hydroxylation is 1. The number of amides is 1. The Hall–Kier alpha value is -7.28. The van der Waals surface area contributed by atoms with E-state index in [1.165, 1.54) is 12.1 Å². The average Bonchev–Trinajstić information content (AvgIpc) is 4.26. The molecule has 3 saturated heterocycles. The summed E-state index contributed by atoms with van der Waals surface area (Å²) in [5, 5.41) is 25.3. The number of hydrogen-bond donors (Lipinski definition) is 3. The number of thiophene rings is 1. The number of ether oxygens (including phenoxy) is 3. The van der Waals surface area contributed by atoms with Crippen LogP contribution in [0.3, 0.4) is 0 Å². The molecule has 0 saturated carbocycles. The van der Waals surface area contributed by atoms with Crippen LogP contribution in [-0.2, 0) is 33.9 Å². The molecule has 2 atom stereocenters. The van der Waals surface area contributed by atoms with Gasteiger partial charge in [0.1, 0.15) is 53.3 Å². The molecule has 5 aliphatic heterocycles. The van der Waals surface area contributed by atoms with Crippen molar-refractivity contribution in [2.45, 2.75) is 89.2 Å². The normalized spacial score (nSPS) is 17.9. The molecule has 0 spiro atoms. The smallest absolute Gasteiger partial charge is 0.340 e. The number of fused-ring (bicyclic) bond motifs is 8. The number of carbonyl (C=O) groups is 2. The van der Waals surface area contributed by atoms with Gasteiger partial charge in [0.25, 0.3) is 11.5 Å². The fourth-order valence-corrected chi connectivity index (χ4v) is 13.9. The van der Waals surface area contributed by atoms with E-state index in [1.54, 1.807) is 21.6 Å². The summed E-state index contributed by atoms with van der Waals surface area (Å²) in [6, 6.07) is 13.5. The maximum atomic E-state index is 17.5. The van der Waals surface area contributed by atoms with Crippen LogP contribution < -0.4 is 31.0 Å². The van der Waals surface area contributed by atoms with E-state index < -0.39 is 29.8 Å². The van der Waals surface area contributed by atoms with Gasteiger partial charge in [0, 0.05) is 59.0 Å². The van der Waals surface area contributed by atoms with Crippen molar-refractivity contribution in [2.75, 3.05) is 70.1 Å². The molecule has 21 heteroatoms. The number of halogens is 3. The van der Waals surface area contributed by atoms with Gasteiger partial charge in [-0.05, 0) is 126 Å². The summed E-state index contributed by atoms with van der Waals surface area (Å²) in [4.78, 5) is 61.4. The Bertz CT molecular complexity index is 3810. The van der Waals surface area contributed by atoms with Crippen molar-refractivity contribution in [1.82, 2.24) is 34.6 Å². The monoisotopic (exact) mass is 1110 g/mol. The molecular weight excluding hydrogens is 1050 g/mol. The maximum Gasteiger partial charge on any atom is 0.340 e. The minimum atomic E-state index is -1.56. The second kappa shape index (κ2) is 20.7. The van der Waals surface area contributed by atoms with Crippen LogP contribution in [0.25, 0.3) is 54.4 Å². The van der Waals surface area contributed by atoms with Crippen LogP contribution in [-0.4, -0.2) is 117 Å². The lowest BCUT2D eigenvalue weighted by Gasteiger charge is -2.37. The van der Waals surface area contributed by atoms with Gasteiger partial charge in [0.05, 0.1) is 55.4 Å². The van der Waals surface area contributed by atoms with E-state index in [0.29, 0.717) is 72.0 Å². The number of nitrogens with two attached hydrogens (primary N) is 1. The third-order valence-electron chi connectivity index (χ3n) is 16.7. The molecule has 79 heavy (non-hydrogen) atoms. The summed E-state index contributed by atoms with van der Waals surface area (Å²) in [6.45, 7) is 10.7. The highest BCUT2D eigenvalue weighted by molar-refractivity contribution is 7.23. The number of anilines is 2. The zero-order valence-electron chi connectivity index (χ0n) is 43.7. The highest BCUT2D eigenvalue weighted by atomic mass is 35.5. The quantitative estimate of drug-likeness (QED) is 0.0500. The average molecular weight is 1110 g/mol. The van der Waals surface area contributed by atoms with Crippen LogP contribution in [0.1, 0.15) is 85.8 Å². The lowest BCUT2D eigenvalue weighted by molar-refractivity contribution is -0.157. The molecule has 3 aromatic carbocycles. The molecule has 2 unspecified atom stereocenters. The predicted molar refractivity (Wildman–Crippen MR) is 297 cm³/mol. The van der Waals surface area contributed by atoms with Crippen LogP contribution in [0.15, 0.2) is 59.4 Å². The molecule has 0 bridgehead atoms. The van der Waals surface area contributed by atoms with Gasteiger partial charge in [-0.2, -0.15) is 15.2 Å². The molecule has 3 fully saturated rings. The third-order valence-corrected chi connectivity index (χ3v) is 18.0. The van der Waals surface area contributed by atoms with Gasteiger partial charge >= 0.3 is 12.0 Å². The number of unbranched alkanes of at least 4 members (excludes halogenated alkanes) is 1. The van der Waals surface area contributed by atoms with E-state index >= 15 is 8.78 Å². The third kappa shape index (κ3) is 8.90. The molecule has 1 amide bonds. The SMILES string of the molecule is C=C(C(=O)N1CCN(c2nc(OCC34CCCN3CCC4)nc3c(F)c(-c4ccc(F)c5sc(N)c(C#N)c45)c(Cl)cc23)CC1)C(CCCCNC)Oc1ccc2nc3c(c(CC)c2c1)Cn1c-3cc2c(c1=O)COC(=O)C2O. The number of carbonyl (C=O) groups excluding carboxylic acids is 2. The van der Waals surface area contributed by atoms with Crippen LogP contribution in [0.5, 0.6) is 11.8 Å². The van der Waals surface area contributed by atoms with Gasteiger partial charge < -0.3 is 44.7 Å². The molecular formula is C58H57ClF2N10O7S. The number of piperazine rings is 1. The molecule has 408 valence electrons. The molecule has 4 N–H and O–H groups in total. The van der Waals surface area contributed by atoms with Crippen molar-refractivity contribution in [1.29, 1.82) is 5.26 Å². The maximum absolute atomic E-state index is 17.5. The van der Waals surface area contributed by atoms with Crippen molar-refractivity contribution in [3.05, 3.63) is 109 Å². The summed E-state index contributed by atoms with van der Waals surface area (Å²) < 4.78 is 52.8. The lowest BCUT2D eigenvalue weighted by atomic mass is 9.95. The van der Waals surface area contributed by atoms with Crippen molar-refractivity contribution >= 4 is 77.5 Å². The van der Waals surface area contributed by atoms with Crippen LogP contribution in [0, 0.1) is 23.0 Å². The minimum Gasteiger partial charge on any atom is -0.486 e. The van der Waals surface area contributed by atoms with Gasteiger partial charge in [-0.3, -0.25) is 14.5 Å². The summed E-state index contributed by atoms with van der Waals surface area (Å²) in [7, 11) is 1.89. The number of nitriles is 1. The van der Waals surface area contributed by atoms with Gasteiger partial charge in [-0.25, -0.2) is 18.6 Å². The largest absolute Gasteiger partial charge is 0.486 e. The number of benzene rings is 3. The van der Waals surface area contributed by atoms with E-state index in [4.69, 9.17) is 46.5 Å². The number of aromatic nitrogens is 4. The topological polar surface area (TPSA) is 214 Å². The van der Waals surface area contributed by atoms with E-state index in [9.17, 15) is 24.8 Å². The molecule has 4 aromatic heterocycles. The number of cyclic esters (lactones) is 1. The summed E-state index contributed by atoms with van der Waals surface area (Å²) in [6.07, 6.45) is 4.50. The first-order valence-electron chi connectivity index (χ1n) is 26.8. The molecule has 0 radical (unpaired) electrons. The number of esters is 1. The summed E-state index contributed by atoms with van der Waals surface area (Å²) >= 11 is 7.95. The highest BCUT2D eigenvalue weighted by Gasteiger charge is 2.45. The van der Waals surface area contributed by atoms with E-state index in [2.05, 4.69) is 22.9 Å². The number of nitrogen functional groups attached to an aromatic ring is 1. The van der Waals surface area contributed by atoms with Gasteiger partial charge in [0.2, 0.25) is 0 Å². The fourth-order valence-electron chi connectivity index (χ4n) is 12.6. The lowest BCUT2D eigenvalue weighted by Crippen LogP contribution is -2.50. The summed E-state index contributed by atoms with van der Waals surface area (Å²) in [5.41, 5.74) is 10.2. The van der Waals surface area contributed by atoms with Gasteiger partial charge in [-0.15, -0.1) is 11.3 Å². The van der Waals surface area contributed by atoms with E-state index in [0.717, 1.165) is 86.0 Å². The van der Waals surface area contributed by atoms with Gasteiger partial charge in [-0.1, -0.05) is 31.2 Å². The Morgan fingerprint density at radius 3 is 2.58 bits per heavy atom.